The second-order valence-corrected chi connectivity index (χ2v) is 4.31. The first-order valence-electron chi connectivity index (χ1n) is 5.87. The van der Waals surface area contributed by atoms with Crippen LogP contribution < -0.4 is 10.6 Å². The molecule has 1 aliphatic rings. The molecule has 3 rings (SSSR count). The van der Waals surface area contributed by atoms with Crippen molar-refractivity contribution >= 4 is 17.4 Å². The number of nitrogens with two attached hydrogens (primary N) is 1. The summed E-state index contributed by atoms with van der Waals surface area (Å²) in [5.41, 5.74) is 8.18. The summed E-state index contributed by atoms with van der Waals surface area (Å²) in [6.45, 7) is 0.645. The van der Waals surface area contributed by atoms with Crippen LogP contribution in [0.4, 0.5) is 11.5 Å². The van der Waals surface area contributed by atoms with Crippen molar-refractivity contribution in [3.63, 3.8) is 0 Å². The molecule has 0 saturated heterocycles. The van der Waals surface area contributed by atoms with Gasteiger partial charge in [-0.15, -0.1) is 0 Å². The molecule has 2 heterocycles. The molecule has 0 saturated carbocycles. The Balaban J connectivity index is 2.00. The fraction of sp³-hybridized carbons (Fsp3) is 0.143. The van der Waals surface area contributed by atoms with Crippen LogP contribution in [0.1, 0.15) is 15.9 Å². The number of pyridine rings is 1. The van der Waals surface area contributed by atoms with Crippen molar-refractivity contribution in [3.8, 4) is 0 Å². The maximum atomic E-state index is 12.4. The van der Waals surface area contributed by atoms with Crippen LogP contribution in [0.25, 0.3) is 0 Å². The van der Waals surface area contributed by atoms with Gasteiger partial charge in [0.25, 0.3) is 5.91 Å². The van der Waals surface area contributed by atoms with Crippen molar-refractivity contribution in [2.75, 3.05) is 17.2 Å². The summed E-state index contributed by atoms with van der Waals surface area (Å²) in [7, 11) is 0. The van der Waals surface area contributed by atoms with Crippen LogP contribution in [-0.2, 0) is 6.42 Å². The van der Waals surface area contributed by atoms with Crippen molar-refractivity contribution < 1.29 is 4.79 Å². The number of benzene rings is 1. The van der Waals surface area contributed by atoms with Crippen LogP contribution in [0.3, 0.4) is 0 Å². The van der Waals surface area contributed by atoms with E-state index >= 15 is 0 Å². The number of aromatic nitrogens is 1. The minimum atomic E-state index is -0.00468. The Morgan fingerprint density at radius 1 is 1.22 bits per heavy atom. The monoisotopic (exact) mass is 239 g/mol. The van der Waals surface area contributed by atoms with Crippen molar-refractivity contribution in [1.29, 1.82) is 0 Å². The van der Waals surface area contributed by atoms with Gasteiger partial charge >= 0.3 is 0 Å². The second-order valence-electron chi connectivity index (χ2n) is 4.31. The number of anilines is 2. The zero-order valence-electron chi connectivity index (χ0n) is 9.84. The maximum Gasteiger partial charge on any atom is 0.259 e. The van der Waals surface area contributed by atoms with Gasteiger partial charge in [-0.3, -0.25) is 9.69 Å². The zero-order valence-corrected chi connectivity index (χ0v) is 9.84. The van der Waals surface area contributed by atoms with Gasteiger partial charge in [0, 0.05) is 24.0 Å². The highest BCUT2D eigenvalue weighted by atomic mass is 16.2. The minimum absolute atomic E-state index is 0.00468. The quantitative estimate of drug-likeness (QED) is 0.773. The first-order valence-corrected chi connectivity index (χ1v) is 5.87. The Labute approximate surface area is 105 Å². The average molecular weight is 239 g/mol. The SMILES string of the molecule is Nc1ccc2c(c1)CCN(c1ccccn1)C2=O. The van der Waals surface area contributed by atoms with Gasteiger partial charge < -0.3 is 5.73 Å². The zero-order chi connectivity index (χ0) is 12.5. The number of hydrogen-bond acceptors (Lipinski definition) is 3. The summed E-state index contributed by atoms with van der Waals surface area (Å²) in [6.07, 6.45) is 2.50. The first-order chi connectivity index (χ1) is 8.75. The van der Waals surface area contributed by atoms with E-state index in [9.17, 15) is 4.79 Å². The third-order valence-corrected chi connectivity index (χ3v) is 3.14. The van der Waals surface area contributed by atoms with Crippen LogP contribution in [0.15, 0.2) is 42.6 Å². The predicted octanol–water partition coefficient (Wildman–Crippen LogP) is 1.87. The molecular weight excluding hydrogens is 226 g/mol. The van der Waals surface area contributed by atoms with Gasteiger partial charge in [0.15, 0.2) is 0 Å². The Hall–Kier alpha value is -2.36. The van der Waals surface area contributed by atoms with Crippen molar-refractivity contribution in [2.45, 2.75) is 6.42 Å². The summed E-state index contributed by atoms with van der Waals surface area (Å²) in [4.78, 5) is 18.3. The number of nitrogen functional groups attached to an aromatic ring is 1. The van der Waals surface area contributed by atoms with E-state index in [1.54, 1.807) is 23.2 Å². The molecule has 2 N–H and O–H groups in total. The van der Waals surface area contributed by atoms with Crippen LogP contribution in [0, 0.1) is 0 Å². The van der Waals surface area contributed by atoms with Gasteiger partial charge in [0.05, 0.1) is 0 Å². The van der Waals surface area contributed by atoms with Crippen LogP contribution in [0.2, 0.25) is 0 Å². The molecule has 4 nitrogen and oxygen atoms in total. The molecule has 1 aromatic carbocycles. The predicted molar refractivity (Wildman–Crippen MR) is 70.5 cm³/mol. The molecule has 1 amide bonds. The number of fused-ring (bicyclic) bond motifs is 1. The Morgan fingerprint density at radius 3 is 2.89 bits per heavy atom. The highest BCUT2D eigenvalue weighted by Crippen LogP contribution is 2.24. The summed E-state index contributed by atoms with van der Waals surface area (Å²) < 4.78 is 0. The van der Waals surface area contributed by atoms with E-state index in [0.29, 0.717) is 18.1 Å². The van der Waals surface area contributed by atoms with E-state index in [-0.39, 0.29) is 5.91 Å². The number of rotatable bonds is 1. The highest BCUT2D eigenvalue weighted by molar-refractivity contribution is 6.07. The molecule has 0 bridgehead atoms. The fourth-order valence-electron chi connectivity index (χ4n) is 2.24. The lowest BCUT2D eigenvalue weighted by molar-refractivity contribution is 0.0980. The van der Waals surface area contributed by atoms with E-state index < -0.39 is 0 Å². The minimum Gasteiger partial charge on any atom is -0.399 e. The number of carbonyl (C=O) groups is 1. The van der Waals surface area contributed by atoms with Gasteiger partial charge in [-0.2, -0.15) is 0 Å². The Kier molecular flexibility index (Phi) is 2.48. The van der Waals surface area contributed by atoms with Crippen LogP contribution >= 0.6 is 0 Å². The molecule has 0 spiro atoms. The summed E-state index contributed by atoms with van der Waals surface area (Å²) in [6, 6.07) is 11.0. The molecule has 0 radical (unpaired) electrons. The third kappa shape index (κ3) is 1.72. The molecule has 1 aromatic heterocycles. The lowest BCUT2D eigenvalue weighted by atomic mass is 9.98. The Bertz CT molecular complexity index is 595. The maximum absolute atomic E-state index is 12.4. The molecule has 0 fully saturated rings. The van der Waals surface area contributed by atoms with E-state index in [2.05, 4.69) is 4.98 Å². The van der Waals surface area contributed by atoms with E-state index in [4.69, 9.17) is 5.73 Å². The average Bonchev–Trinajstić information content (AvgIpc) is 2.40. The molecule has 2 aromatic rings. The number of hydrogen-bond donors (Lipinski definition) is 1. The fourth-order valence-corrected chi connectivity index (χ4v) is 2.24. The summed E-state index contributed by atoms with van der Waals surface area (Å²) in [5, 5.41) is 0. The molecule has 0 unspecified atom stereocenters. The largest absolute Gasteiger partial charge is 0.399 e. The molecule has 1 aliphatic heterocycles. The first kappa shape index (κ1) is 10.8. The van der Waals surface area contributed by atoms with Gasteiger partial charge in [-0.25, -0.2) is 4.98 Å². The van der Waals surface area contributed by atoms with Crippen molar-refractivity contribution in [3.05, 3.63) is 53.7 Å². The second kappa shape index (κ2) is 4.14. The van der Waals surface area contributed by atoms with E-state index in [0.717, 1.165) is 17.5 Å². The molecule has 0 atom stereocenters. The molecular formula is C14H13N3O. The number of carbonyl (C=O) groups excluding carboxylic acids is 1. The van der Waals surface area contributed by atoms with Crippen LogP contribution in [-0.4, -0.2) is 17.4 Å². The summed E-state index contributed by atoms with van der Waals surface area (Å²) in [5.74, 6) is 0.694. The number of nitrogens with zero attached hydrogens (tertiary/aromatic N) is 2. The van der Waals surface area contributed by atoms with Crippen molar-refractivity contribution in [1.82, 2.24) is 4.98 Å². The molecule has 0 aliphatic carbocycles. The third-order valence-electron chi connectivity index (χ3n) is 3.14. The van der Waals surface area contributed by atoms with Gasteiger partial charge in [-0.1, -0.05) is 6.07 Å². The van der Waals surface area contributed by atoms with Crippen LogP contribution in [0.5, 0.6) is 0 Å². The van der Waals surface area contributed by atoms with E-state index in [1.165, 1.54) is 0 Å². The molecule has 90 valence electrons. The van der Waals surface area contributed by atoms with Gasteiger partial charge in [-0.05, 0) is 42.3 Å². The van der Waals surface area contributed by atoms with Crippen molar-refractivity contribution in [2.24, 2.45) is 0 Å². The molecule has 18 heavy (non-hydrogen) atoms. The summed E-state index contributed by atoms with van der Waals surface area (Å²) >= 11 is 0. The van der Waals surface area contributed by atoms with Gasteiger partial charge in [0.1, 0.15) is 5.82 Å². The smallest absolute Gasteiger partial charge is 0.259 e. The lowest BCUT2D eigenvalue weighted by Crippen LogP contribution is -2.38. The van der Waals surface area contributed by atoms with E-state index in [1.807, 2.05) is 24.3 Å². The highest BCUT2D eigenvalue weighted by Gasteiger charge is 2.25. The normalized spacial score (nSPS) is 14.4. The topological polar surface area (TPSA) is 59.2 Å². The standard InChI is InChI=1S/C14H13N3O/c15-11-4-5-12-10(9-11)6-8-17(14(12)18)13-3-1-2-7-16-13/h1-5,7,9H,6,8,15H2. The Morgan fingerprint density at radius 2 is 2.11 bits per heavy atom. The lowest BCUT2D eigenvalue weighted by Gasteiger charge is -2.27. The van der Waals surface area contributed by atoms with Gasteiger partial charge in [0.2, 0.25) is 0 Å². The molecule has 4 heteroatoms. The number of amides is 1.